The first-order chi connectivity index (χ1) is 12.3. The Kier molecular flexibility index (Phi) is 6.90. The zero-order chi connectivity index (χ0) is 18.9. The van der Waals surface area contributed by atoms with Gasteiger partial charge in [0.05, 0.1) is 11.4 Å². The molecule has 0 bridgehead atoms. The summed E-state index contributed by atoms with van der Waals surface area (Å²) < 4.78 is 27.5. The fourth-order valence-electron chi connectivity index (χ4n) is 2.59. The fraction of sp³-hybridized carbons (Fsp3) is 0.150. The largest absolute Gasteiger partial charge is 2.00 e. The van der Waals surface area contributed by atoms with Crippen LogP contribution in [0.5, 0.6) is 0 Å². The van der Waals surface area contributed by atoms with Crippen LogP contribution in [0.15, 0.2) is 48.5 Å². The summed E-state index contributed by atoms with van der Waals surface area (Å²) >= 11 is 10.1. The zero-order valence-electron chi connectivity index (χ0n) is 14.4. The van der Waals surface area contributed by atoms with E-state index in [4.69, 9.17) is 24.8 Å². The summed E-state index contributed by atoms with van der Waals surface area (Å²) in [5.74, 6) is -1.38. The van der Waals surface area contributed by atoms with Gasteiger partial charge in [0.15, 0.2) is 0 Å². The predicted molar refractivity (Wildman–Crippen MR) is 104 cm³/mol. The van der Waals surface area contributed by atoms with Crippen LogP contribution in [0.3, 0.4) is 0 Å². The van der Waals surface area contributed by atoms with Crippen molar-refractivity contribution in [3.05, 3.63) is 83.3 Å². The molecule has 0 aliphatic rings. The molecule has 2 nitrogen and oxygen atoms in total. The molecule has 0 aliphatic heterocycles. The van der Waals surface area contributed by atoms with Crippen molar-refractivity contribution in [1.29, 1.82) is 0 Å². The molecule has 0 radical (unpaired) electrons. The molecule has 27 heavy (non-hydrogen) atoms. The Morgan fingerprint density at radius 2 is 1.70 bits per heavy atom. The molecule has 140 valence electrons. The van der Waals surface area contributed by atoms with Crippen LogP contribution in [-0.4, -0.2) is 14.2 Å². The van der Waals surface area contributed by atoms with Gasteiger partial charge in [-0.3, -0.25) is 13.8 Å². The number of thiocarbonyl (C=S) groups is 1. The van der Waals surface area contributed by atoms with Crippen LogP contribution in [-0.2, 0) is 39.1 Å². The van der Waals surface area contributed by atoms with Crippen molar-refractivity contribution >= 4 is 29.0 Å². The summed E-state index contributed by atoms with van der Waals surface area (Å²) in [5, 5.41) is 0. The van der Waals surface area contributed by atoms with E-state index < -0.39 is 17.0 Å². The second-order valence-electron chi connectivity index (χ2n) is 6.27. The Balaban J connectivity index is 0.00000261. The number of halogens is 2. The maximum Gasteiger partial charge on any atom is 2.00 e. The molecule has 3 rings (SSSR count). The summed E-state index contributed by atoms with van der Waals surface area (Å²) in [7, 11) is 0. The SMILES string of the molecule is CC(C)(c1cccc(C(=S)[S-])n1)c1cccc(-c2[c-]cc(F)cc2F)n1.[Pt+2]. The van der Waals surface area contributed by atoms with Crippen molar-refractivity contribution in [2.24, 2.45) is 0 Å². The Hall–Kier alpha value is -1.62. The van der Waals surface area contributed by atoms with Gasteiger partial charge in [-0.2, -0.15) is 0 Å². The third kappa shape index (κ3) is 4.62. The molecular formula is C20H14F2N2PtS2. The zero-order valence-corrected chi connectivity index (χ0v) is 18.3. The van der Waals surface area contributed by atoms with E-state index in [1.54, 1.807) is 18.2 Å². The molecule has 0 saturated carbocycles. The summed E-state index contributed by atoms with van der Waals surface area (Å²) in [6.07, 6.45) is 0. The van der Waals surface area contributed by atoms with Crippen LogP contribution in [0.2, 0.25) is 0 Å². The van der Waals surface area contributed by atoms with Gasteiger partial charge < -0.3 is 29.8 Å². The molecule has 0 spiro atoms. The molecule has 0 N–H and O–H groups in total. The van der Waals surface area contributed by atoms with Crippen molar-refractivity contribution in [2.45, 2.75) is 19.3 Å². The van der Waals surface area contributed by atoms with E-state index in [0.717, 1.165) is 17.8 Å². The van der Waals surface area contributed by atoms with Crippen molar-refractivity contribution in [3.63, 3.8) is 0 Å². The van der Waals surface area contributed by atoms with Crippen LogP contribution in [0.4, 0.5) is 8.78 Å². The van der Waals surface area contributed by atoms with E-state index in [1.165, 1.54) is 0 Å². The Labute approximate surface area is 182 Å². The van der Waals surface area contributed by atoms with Crippen LogP contribution >= 0.6 is 12.2 Å². The van der Waals surface area contributed by atoms with E-state index in [1.807, 2.05) is 32.0 Å². The van der Waals surface area contributed by atoms with Gasteiger partial charge in [0.2, 0.25) is 0 Å². The van der Waals surface area contributed by atoms with Crippen molar-refractivity contribution in [3.8, 4) is 11.3 Å². The van der Waals surface area contributed by atoms with Crippen LogP contribution in [0.1, 0.15) is 30.9 Å². The minimum atomic E-state index is -0.705. The van der Waals surface area contributed by atoms with Gasteiger partial charge >= 0.3 is 21.1 Å². The number of pyridine rings is 2. The molecule has 0 amide bonds. The average molecular weight is 580 g/mol. The Morgan fingerprint density at radius 3 is 2.33 bits per heavy atom. The summed E-state index contributed by atoms with van der Waals surface area (Å²) in [6, 6.07) is 15.3. The second-order valence-corrected chi connectivity index (χ2v) is 7.34. The summed E-state index contributed by atoms with van der Waals surface area (Å²) in [4.78, 5) is 9.10. The molecule has 0 aliphatic carbocycles. The van der Waals surface area contributed by atoms with Crippen LogP contribution < -0.4 is 0 Å². The second kappa shape index (κ2) is 8.59. The van der Waals surface area contributed by atoms with Crippen LogP contribution in [0.25, 0.3) is 11.3 Å². The standard InChI is InChI=1S/C20H15F2N2S2.Pt/c1-20(2,18-8-4-6-16(24-18)19(25)26)17-7-3-5-15(23-17)13-10-9-12(21)11-14(13)22;/h3-9,11H,1-2H3,(H,25,26);/q-1;+2/p-1. The van der Waals surface area contributed by atoms with E-state index in [2.05, 4.69) is 16.0 Å². The molecule has 0 unspecified atom stereocenters. The molecule has 2 aromatic heterocycles. The molecule has 2 heterocycles. The third-order valence-electron chi connectivity index (χ3n) is 4.10. The average Bonchev–Trinajstić information content (AvgIpc) is 2.62. The van der Waals surface area contributed by atoms with E-state index >= 15 is 0 Å². The Bertz CT molecular complexity index is 993. The molecular weight excluding hydrogens is 565 g/mol. The number of benzene rings is 1. The maximum absolute atomic E-state index is 14.1. The van der Waals surface area contributed by atoms with Crippen LogP contribution in [0, 0.1) is 17.7 Å². The fourth-order valence-corrected chi connectivity index (χ4v) is 2.82. The van der Waals surface area contributed by atoms with Crippen molar-refractivity contribution in [1.82, 2.24) is 9.97 Å². The topological polar surface area (TPSA) is 25.8 Å². The van der Waals surface area contributed by atoms with Gasteiger partial charge in [-0.25, -0.2) is 0 Å². The Morgan fingerprint density at radius 1 is 1.07 bits per heavy atom. The maximum atomic E-state index is 14.1. The number of hydrogen-bond acceptors (Lipinski definition) is 4. The van der Waals surface area contributed by atoms with E-state index in [-0.39, 0.29) is 26.6 Å². The first kappa shape index (κ1) is 21.7. The normalized spacial score (nSPS) is 11.0. The first-order valence-corrected chi connectivity index (χ1v) is 8.64. The molecule has 0 fully saturated rings. The number of aromatic nitrogens is 2. The summed E-state index contributed by atoms with van der Waals surface area (Å²) in [5.41, 5.74) is 1.93. The minimum absolute atomic E-state index is 0. The third-order valence-corrected chi connectivity index (χ3v) is 4.52. The van der Waals surface area contributed by atoms with Gasteiger partial charge in [-0.05, 0) is 37.7 Å². The predicted octanol–water partition coefficient (Wildman–Crippen LogP) is 4.77. The minimum Gasteiger partial charge on any atom is -0.427 e. The smallest absolute Gasteiger partial charge is 0.427 e. The molecule has 0 atom stereocenters. The first-order valence-electron chi connectivity index (χ1n) is 7.82. The van der Waals surface area contributed by atoms with Crippen molar-refractivity contribution < 1.29 is 29.8 Å². The molecule has 0 saturated heterocycles. The molecule has 7 heteroatoms. The number of hydrogen-bond donors (Lipinski definition) is 0. The molecule has 1 aromatic carbocycles. The summed E-state index contributed by atoms with van der Waals surface area (Å²) in [6.45, 7) is 3.92. The molecule has 3 aromatic rings. The van der Waals surface area contributed by atoms with Gasteiger partial charge in [0.1, 0.15) is 0 Å². The van der Waals surface area contributed by atoms with E-state index in [0.29, 0.717) is 21.3 Å². The van der Waals surface area contributed by atoms with Gasteiger partial charge in [-0.15, -0.1) is 16.3 Å². The van der Waals surface area contributed by atoms with Crippen molar-refractivity contribution in [2.75, 3.05) is 0 Å². The number of rotatable bonds is 4. The number of nitrogens with zero attached hydrogens (tertiary/aromatic N) is 2. The quantitative estimate of drug-likeness (QED) is 0.253. The van der Waals surface area contributed by atoms with Gasteiger partial charge in [-0.1, -0.05) is 29.8 Å². The van der Waals surface area contributed by atoms with Gasteiger partial charge in [0.25, 0.3) is 0 Å². The monoisotopic (exact) mass is 579 g/mol. The van der Waals surface area contributed by atoms with Gasteiger partial charge in [0, 0.05) is 22.7 Å². The van der Waals surface area contributed by atoms with E-state index in [9.17, 15) is 8.78 Å².